The fourth-order valence-corrected chi connectivity index (χ4v) is 1.82. The van der Waals surface area contributed by atoms with Gasteiger partial charge in [-0.3, -0.25) is 0 Å². The van der Waals surface area contributed by atoms with Crippen molar-refractivity contribution in [2.75, 3.05) is 11.5 Å². The van der Waals surface area contributed by atoms with E-state index < -0.39 is 0 Å². The second-order valence-electron chi connectivity index (χ2n) is 4.91. The molecule has 5 N–H and O–H groups in total. The summed E-state index contributed by atoms with van der Waals surface area (Å²) in [4.78, 5) is 7.72. The second kappa shape index (κ2) is 7.49. The number of nitrogens with zero attached hydrogens (tertiary/aromatic N) is 2. The molecule has 2 aromatic rings. The van der Waals surface area contributed by atoms with Crippen molar-refractivity contribution in [3.63, 3.8) is 0 Å². The number of ether oxygens (including phenoxy) is 1. The molecular weight excluding hydrogens is 280 g/mol. The summed E-state index contributed by atoms with van der Waals surface area (Å²) in [6.45, 7) is 9.83. The second-order valence-corrected chi connectivity index (χ2v) is 4.91. The standard InChI is InChI=1S/C14H18N4O2.C2H6/c1-7(2)9-5-10(19)8(3)4-11(9)20-12-6-17-14(16)18-13(12)15;1-2/h4-7,19H,1-3H3,(H4,15,16,17,18);1-2H3. The average molecular weight is 304 g/mol. The van der Waals surface area contributed by atoms with Gasteiger partial charge in [-0.1, -0.05) is 27.7 Å². The van der Waals surface area contributed by atoms with Crippen molar-refractivity contribution in [1.82, 2.24) is 9.97 Å². The lowest BCUT2D eigenvalue weighted by Crippen LogP contribution is -2.02. The van der Waals surface area contributed by atoms with Crippen LogP contribution in [-0.4, -0.2) is 15.1 Å². The Bertz CT molecular complexity index is 642. The van der Waals surface area contributed by atoms with E-state index >= 15 is 0 Å². The lowest BCUT2D eigenvalue weighted by molar-refractivity contribution is 0.453. The maximum Gasteiger partial charge on any atom is 0.222 e. The van der Waals surface area contributed by atoms with Gasteiger partial charge in [0.25, 0.3) is 0 Å². The summed E-state index contributed by atoms with van der Waals surface area (Å²) in [5.74, 6) is 1.66. The number of aryl methyl sites for hydroxylation is 1. The summed E-state index contributed by atoms with van der Waals surface area (Å²) in [6, 6.07) is 3.46. The SMILES string of the molecule is CC.Cc1cc(Oc2cnc(N)nc2N)c(C(C)C)cc1O. The van der Waals surface area contributed by atoms with Crippen LogP contribution in [0.15, 0.2) is 18.3 Å². The van der Waals surface area contributed by atoms with Crippen LogP contribution < -0.4 is 16.2 Å². The molecule has 0 saturated heterocycles. The Kier molecular flexibility index (Phi) is 5.98. The number of phenolic OH excluding ortho intramolecular Hbond substituents is 1. The molecule has 0 aliphatic carbocycles. The Labute approximate surface area is 131 Å². The lowest BCUT2D eigenvalue weighted by Gasteiger charge is -2.16. The minimum Gasteiger partial charge on any atom is -0.508 e. The molecule has 6 heteroatoms. The molecule has 0 amide bonds. The highest BCUT2D eigenvalue weighted by Gasteiger charge is 2.14. The van der Waals surface area contributed by atoms with E-state index in [4.69, 9.17) is 16.2 Å². The Morgan fingerprint density at radius 2 is 1.77 bits per heavy atom. The molecule has 0 saturated carbocycles. The van der Waals surface area contributed by atoms with E-state index in [0.29, 0.717) is 11.5 Å². The Hall–Kier alpha value is -2.50. The number of hydrogen-bond donors (Lipinski definition) is 3. The molecule has 0 spiro atoms. The van der Waals surface area contributed by atoms with Gasteiger partial charge < -0.3 is 21.3 Å². The Morgan fingerprint density at radius 3 is 2.32 bits per heavy atom. The van der Waals surface area contributed by atoms with E-state index in [-0.39, 0.29) is 23.4 Å². The summed E-state index contributed by atoms with van der Waals surface area (Å²) >= 11 is 0. The van der Waals surface area contributed by atoms with E-state index in [9.17, 15) is 5.11 Å². The minimum atomic E-state index is 0.0980. The van der Waals surface area contributed by atoms with Crippen LogP contribution in [0.1, 0.15) is 44.7 Å². The van der Waals surface area contributed by atoms with Crippen molar-refractivity contribution >= 4 is 11.8 Å². The number of nitrogen functional groups attached to an aromatic ring is 2. The first kappa shape index (κ1) is 17.6. The van der Waals surface area contributed by atoms with Crippen molar-refractivity contribution in [3.05, 3.63) is 29.5 Å². The molecule has 1 aromatic carbocycles. The predicted molar refractivity (Wildman–Crippen MR) is 89.2 cm³/mol. The van der Waals surface area contributed by atoms with Crippen LogP contribution in [0.3, 0.4) is 0 Å². The highest BCUT2D eigenvalue weighted by molar-refractivity contribution is 5.52. The van der Waals surface area contributed by atoms with E-state index in [1.54, 1.807) is 19.1 Å². The first-order chi connectivity index (χ1) is 10.4. The van der Waals surface area contributed by atoms with Crippen molar-refractivity contribution in [2.24, 2.45) is 0 Å². The highest BCUT2D eigenvalue weighted by Crippen LogP contribution is 2.36. The van der Waals surface area contributed by atoms with Crippen LogP contribution in [0.2, 0.25) is 0 Å². The van der Waals surface area contributed by atoms with E-state index in [2.05, 4.69) is 9.97 Å². The monoisotopic (exact) mass is 304 g/mol. The molecular formula is C16H24N4O2. The summed E-state index contributed by atoms with van der Waals surface area (Å²) in [6.07, 6.45) is 1.43. The molecule has 1 heterocycles. The first-order valence-corrected chi connectivity index (χ1v) is 7.27. The number of nitrogens with two attached hydrogens (primary N) is 2. The lowest BCUT2D eigenvalue weighted by atomic mass is 10.00. The van der Waals surface area contributed by atoms with Gasteiger partial charge in [-0.15, -0.1) is 0 Å². The van der Waals surface area contributed by atoms with Crippen LogP contribution in [0.5, 0.6) is 17.2 Å². The fourth-order valence-electron chi connectivity index (χ4n) is 1.82. The fraction of sp³-hybridized carbons (Fsp3) is 0.375. The smallest absolute Gasteiger partial charge is 0.222 e. The third-order valence-corrected chi connectivity index (χ3v) is 2.97. The van der Waals surface area contributed by atoms with Crippen LogP contribution in [0.4, 0.5) is 11.8 Å². The summed E-state index contributed by atoms with van der Waals surface area (Å²) < 4.78 is 5.78. The number of benzene rings is 1. The minimum absolute atomic E-state index is 0.0980. The maximum absolute atomic E-state index is 9.81. The van der Waals surface area contributed by atoms with E-state index in [1.165, 1.54) is 6.20 Å². The summed E-state index contributed by atoms with van der Waals surface area (Å²) in [5, 5.41) is 9.81. The molecule has 1 aromatic heterocycles. The van der Waals surface area contributed by atoms with Crippen LogP contribution in [0, 0.1) is 6.92 Å². The third-order valence-electron chi connectivity index (χ3n) is 2.97. The zero-order chi connectivity index (χ0) is 16.9. The van der Waals surface area contributed by atoms with Crippen molar-refractivity contribution in [3.8, 4) is 17.2 Å². The van der Waals surface area contributed by atoms with Gasteiger partial charge in [-0.25, -0.2) is 4.98 Å². The van der Waals surface area contributed by atoms with Crippen LogP contribution in [0.25, 0.3) is 0 Å². The van der Waals surface area contributed by atoms with Crippen molar-refractivity contribution in [1.29, 1.82) is 0 Å². The van der Waals surface area contributed by atoms with Gasteiger partial charge in [0.05, 0.1) is 6.20 Å². The number of anilines is 2. The van der Waals surface area contributed by atoms with Gasteiger partial charge >= 0.3 is 0 Å². The van der Waals surface area contributed by atoms with Gasteiger partial charge in [-0.2, -0.15) is 4.98 Å². The van der Waals surface area contributed by atoms with Crippen LogP contribution in [-0.2, 0) is 0 Å². The molecule has 0 aliphatic heterocycles. The molecule has 0 fully saturated rings. The molecule has 120 valence electrons. The number of aromatic hydroxyl groups is 1. The number of rotatable bonds is 3. The molecule has 0 aliphatic rings. The van der Waals surface area contributed by atoms with Gasteiger partial charge in [-0.05, 0) is 30.5 Å². The van der Waals surface area contributed by atoms with Gasteiger partial charge in [0.2, 0.25) is 5.95 Å². The zero-order valence-electron chi connectivity index (χ0n) is 13.7. The molecule has 6 nitrogen and oxygen atoms in total. The molecule has 0 bridgehead atoms. The third kappa shape index (κ3) is 4.00. The highest BCUT2D eigenvalue weighted by atomic mass is 16.5. The van der Waals surface area contributed by atoms with Crippen LogP contribution >= 0.6 is 0 Å². The summed E-state index contributed by atoms with van der Waals surface area (Å²) in [7, 11) is 0. The summed E-state index contributed by atoms with van der Waals surface area (Å²) in [5.41, 5.74) is 12.8. The van der Waals surface area contributed by atoms with Crippen molar-refractivity contribution in [2.45, 2.75) is 40.5 Å². The number of phenols is 1. The molecule has 2 rings (SSSR count). The Balaban J connectivity index is 0.00000116. The quantitative estimate of drug-likeness (QED) is 0.799. The molecule has 0 unspecified atom stereocenters. The van der Waals surface area contributed by atoms with Crippen molar-refractivity contribution < 1.29 is 9.84 Å². The topological polar surface area (TPSA) is 107 Å². The molecule has 0 radical (unpaired) electrons. The predicted octanol–water partition coefficient (Wildman–Crippen LogP) is 3.60. The van der Waals surface area contributed by atoms with Gasteiger partial charge in [0, 0.05) is 5.56 Å². The zero-order valence-corrected chi connectivity index (χ0v) is 13.7. The molecule has 22 heavy (non-hydrogen) atoms. The van der Waals surface area contributed by atoms with Gasteiger partial charge in [0.1, 0.15) is 11.5 Å². The first-order valence-electron chi connectivity index (χ1n) is 7.27. The number of hydrogen-bond acceptors (Lipinski definition) is 6. The average Bonchev–Trinajstić information content (AvgIpc) is 2.47. The molecule has 0 atom stereocenters. The number of aromatic nitrogens is 2. The van der Waals surface area contributed by atoms with E-state index in [1.807, 2.05) is 27.7 Å². The normalized spacial score (nSPS) is 10.1. The van der Waals surface area contributed by atoms with E-state index in [0.717, 1.165) is 11.1 Å². The van der Waals surface area contributed by atoms with Gasteiger partial charge in [0.15, 0.2) is 11.6 Å². The maximum atomic E-state index is 9.81. The Morgan fingerprint density at radius 1 is 1.14 bits per heavy atom. The largest absolute Gasteiger partial charge is 0.508 e.